The molecule has 0 saturated carbocycles. The van der Waals surface area contributed by atoms with Gasteiger partial charge in [-0.25, -0.2) is 9.99 Å². The highest BCUT2D eigenvalue weighted by molar-refractivity contribution is 5.98. The molecule has 0 aliphatic heterocycles. The van der Waals surface area contributed by atoms with E-state index >= 15 is 0 Å². The first-order valence-corrected chi connectivity index (χ1v) is 11.3. The number of hydrogen-bond acceptors (Lipinski definition) is 7. The Bertz CT molecular complexity index is 1140. The third kappa shape index (κ3) is 5.87. The molecule has 1 aromatic heterocycles. The first-order chi connectivity index (χ1) is 16.4. The lowest BCUT2D eigenvalue weighted by atomic mass is 10.2. The van der Waals surface area contributed by atoms with Crippen LogP contribution in [0.2, 0.25) is 0 Å². The molecule has 0 spiro atoms. The van der Waals surface area contributed by atoms with Crippen molar-refractivity contribution in [3.63, 3.8) is 0 Å². The number of hydrogen-bond donors (Lipinski definition) is 3. The number of aromatic nitrogens is 2. The van der Waals surface area contributed by atoms with Crippen LogP contribution in [0.4, 0.5) is 23.1 Å². The van der Waals surface area contributed by atoms with Crippen molar-refractivity contribution in [1.29, 1.82) is 0 Å². The second kappa shape index (κ2) is 11.2. The van der Waals surface area contributed by atoms with Gasteiger partial charge >= 0.3 is 0 Å². The maximum Gasteiger partial charge on any atom is 0.268 e. The predicted molar refractivity (Wildman–Crippen MR) is 134 cm³/mol. The molecule has 2 aromatic carbocycles. The van der Waals surface area contributed by atoms with Crippen LogP contribution in [0.3, 0.4) is 0 Å². The fourth-order valence-corrected chi connectivity index (χ4v) is 3.59. The second-order valence-electron chi connectivity index (χ2n) is 7.68. The van der Waals surface area contributed by atoms with Gasteiger partial charge in [-0.15, -0.1) is 0 Å². The van der Waals surface area contributed by atoms with Crippen LogP contribution in [0.25, 0.3) is 0 Å². The van der Waals surface area contributed by atoms with Crippen molar-refractivity contribution in [3.8, 4) is 0 Å². The zero-order valence-electron chi connectivity index (χ0n) is 20.0. The summed E-state index contributed by atoms with van der Waals surface area (Å²) < 4.78 is 0. The Balaban J connectivity index is 1.80. The number of amides is 2. The normalized spacial score (nSPS) is 10.7. The van der Waals surface area contributed by atoms with Crippen molar-refractivity contribution in [3.05, 3.63) is 71.4 Å². The van der Waals surface area contributed by atoms with Crippen LogP contribution in [-0.2, 0) is 0 Å². The highest BCUT2D eigenvalue weighted by atomic mass is 16.2. The minimum Gasteiger partial charge on any atom is -0.365 e. The molecule has 0 fully saturated rings. The van der Waals surface area contributed by atoms with Gasteiger partial charge in [0, 0.05) is 42.8 Å². The first-order valence-electron chi connectivity index (χ1n) is 11.3. The largest absolute Gasteiger partial charge is 0.365 e. The number of nitrogens with zero attached hydrogens (tertiary/aromatic N) is 4. The standard InChI is InChI=1S/C25H31N7O2/c1-5-31(6-2)32(7-3)24(34)18-11-13-19(14-12-18)29-25-27-16-21(22(26)33)23(30-25)28-20-10-8-9-17(4)15-20/h8-16H,5-7H2,1-4H3,(H2,26,33)(H2,27,28,29,30). The average Bonchev–Trinajstić information content (AvgIpc) is 2.82. The van der Waals surface area contributed by atoms with E-state index < -0.39 is 5.91 Å². The molecular formula is C25H31N7O2. The molecule has 0 atom stereocenters. The summed E-state index contributed by atoms with van der Waals surface area (Å²) in [6, 6.07) is 14.8. The molecule has 2 amide bonds. The molecule has 0 saturated heterocycles. The van der Waals surface area contributed by atoms with Crippen LogP contribution in [0.5, 0.6) is 0 Å². The highest BCUT2D eigenvalue weighted by Gasteiger charge is 2.19. The number of nitrogens with one attached hydrogen (secondary N) is 2. The van der Waals surface area contributed by atoms with Crippen LogP contribution in [0, 0.1) is 6.92 Å². The summed E-state index contributed by atoms with van der Waals surface area (Å²) in [6.07, 6.45) is 1.39. The van der Waals surface area contributed by atoms with Gasteiger partial charge in [0.1, 0.15) is 11.4 Å². The van der Waals surface area contributed by atoms with E-state index in [2.05, 4.69) is 20.6 Å². The van der Waals surface area contributed by atoms with Crippen molar-refractivity contribution >= 4 is 35.0 Å². The summed E-state index contributed by atoms with van der Waals surface area (Å²) in [5.41, 5.74) is 8.83. The van der Waals surface area contributed by atoms with Crippen molar-refractivity contribution in [2.24, 2.45) is 5.73 Å². The van der Waals surface area contributed by atoms with Crippen molar-refractivity contribution in [1.82, 2.24) is 20.0 Å². The van der Waals surface area contributed by atoms with Gasteiger partial charge in [-0.1, -0.05) is 26.0 Å². The number of benzene rings is 2. The lowest BCUT2D eigenvalue weighted by Gasteiger charge is -2.32. The zero-order chi connectivity index (χ0) is 24.7. The Kier molecular flexibility index (Phi) is 8.15. The highest BCUT2D eigenvalue weighted by Crippen LogP contribution is 2.22. The van der Waals surface area contributed by atoms with Crippen LogP contribution < -0.4 is 16.4 Å². The minimum atomic E-state index is -0.627. The number of carbonyl (C=O) groups excluding carboxylic acids is 2. The van der Waals surface area contributed by atoms with E-state index in [0.29, 0.717) is 23.6 Å². The second-order valence-corrected chi connectivity index (χ2v) is 7.68. The fraction of sp³-hybridized carbons (Fsp3) is 0.280. The number of aryl methyl sites for hydroxylation is 1. The van der Waals surface area contributed by atoms with E-state index in [-0.39, 0.29) is 17.4 Å². The summed E-state index contributed by atoms with van der Waals surface area (Å²) in [7, 11) is 0. The Labute approximate surface area is 200 Å². The molecule has 3 aromatic rings. The fourth-order valence-electron chi connectivity index (χ4n) is 3.59. The Morgan fingerprint density at radius 3 is 2.24 bits per heavy atom. The number of rotatable bonds is 10. The predicted octanol–water partition coefficient (Wildman–Crippen LogP) is 4.09. The molecule has 4 N–H and O–H groups in total. The van der Waals surface area contributed by atoms with E-state index in [4.69, 9.17) is 5.73 Å². The number of anilines is 4. The number of carbonyl (C=O) groups is 2. The SMILES string of the molecule is CCN(CC)N(CC)C(=O)c1ccc(Nc2ncc(C(N)=O)c(Nc3cccc(C)c3)n2)cc1. The van der Waals surface area contributed by atoms with Gasteiger partial charge in [-0.2, -0.15) is 4.98 Å². The maximum absolute atomic E-state index is 12.9. The molecule has 1 heterocycles. The number of primary amides is 1. The van der Waals surface area contributed by atoms with Crippen molar-refractivity contribution in [2.75, 3.05) is 30.3 Å². The minimum absolute atomic E-state index is 0.0514. The van der Waals surface area contributed by atoms with E-state index in [1.165, 1.54) is 6.20 Å². The van der Waals surface area contributed by atoms with Gasteiger partial charge in [0.25, 0.3) is 11.8 Å². The van der Waals surface area contributed by atoms with Crippen LogP contribution in [0.15, 0.2) is 54.7 Å². The summed E-state index contributed by atoms with van der Waals surface area (Å²) in [4.78, 5) is 33.5. The smallest absolute Gasteiger partial charge is 0.268 e. The van der Waals surface area contributed by atoms with E-state index in [1.807, 2.05) is 57.0 Å². The third-order valence-corrected chi connectivity index (χ3v) is 5.33. The van der Waals surface area contributed by atoms with Crippen LogP contribution in [-0.4, -0.2) is 51.4 Å². The quantitative estimate of drug-likeness (QED) is 0.389. The summed E-state index contributed by atoms with van der Waals surface area (Å²) >= 11 is 0. The Morgan fingerprint density at radius 2 is 1.65 bits per heavy atom. The molecule has 178 valence electrons. The van der Waals surface area contributed by atoms with Gasteiger partial charge in [0.2, 0.25) is 5.95 Å². The monoisotopic (exact) mass is 461 g/mol. The Hall–Kier alpha value is -3.98. The van der Waals surface area contributed by atoms with Crippen molar-refractivity contribution in [2.45, 2.75) is 27.7 Å². The molecule has 0 aliphatic carbocycles. The summed E-state index contributed by atoms with van der Waals surface area (Å²) in [5, 5.41) is 10.0. The zero-order valence-corrected chi connectivity index (χ0v) is 20.0. The maximum atomic E-state index is 12.9. The topological polar surface area (TPSA) is 116 Å². The summed E-state index contributed by atoms with van der Waals surface area (Å²) in [5.74, 6) is -0.0829. The number of nitrogens with two attached hydrogens (primary N) is 1. The van der Waals surface area contributed by atoms with Gasteiger partial charge in [0.15, 0.2) is 0 Å². The molecular weight excluding hydrogens is 430 g/mol. The Morgan fingerprint density at radius 1 is 0.941 bits per heavy atom. The lowest BCUT2D eigenvalue weighted by molar-refractivity contribution is -0.00113. The van der Waals surface area contributed by atoms with E-state index in [9.17, 15) is 9.59 Å². The molecule has 9 heteroatoms. The molecule has 0 aliphatic rings. The van der Waals surface area contributed by atoms with E-state index in [1.54, 1.807) is 29.3 Å². The molecule has 0 bridgehead atoms. The summed E-state index contributed by atoms with van der Waals surface area (Å²) in [6.45, 7) is 10.1. The average molecular weight is 462 g/mol. The third-order valence-electron chi connectivity index (χ3n) is 5.33. The van der Waals surface area contributed by atoms with Crippen LogP contribution >= 0.6 is 0 Å². The first kappa shape index (κ1) is 24.7. The van der Waals surface area contributed by atoms with Crippen LogP contribution in [0.1, 0.15) is 47.1 Å². The molecule has 0 radical (unpaired) electrons. The molecule has 0 unspecified atom stereocenters. The molecule has 34 heavy (non-hydrogen) atoms. The van der Waals surface area contributed by atoms with Gasteiger partial charge in [-0.05, 0) is 55.8 Å². The van der Waals surface area contributed by atoms with Crippen molar-refractivity contribution < 1.29 is 9.59 Å². The number of hydrazine groups is 1. The van der Waals surface area contributed by atoms with Gasteiger partial charge in [0.05, 0.1) is 0 Å². The van der Waals surface area contributed by atoms with Gasteiger partial charge in [-0.3, -0.25) is 14.6 Å². The molecule has 9 nitrogen and oxygen atoms in total. The van der Waals surface area contributed by atoms with Gasteiger partial charge < -0.3 is 16.4 Å². The molecule has 3 rings (SSSR count). The lowest BCUT2D eigenvalue weighted by Crippen LogP contribution is -2.46. The van der Waals surface area contributed by atoms with E-state index in [0.717, 1.165) is 24.3 Å².